The Kier molecular flexibility index (Phi) is 3.93. The number of rotatable bonds is 4. The molecule has 1 aromatic carbocycles. The van der Waals surface area contributed by atoms with Gasteiger partial charge in [-0.15, -0.1) is 0 Å². The molecule has 0 aliphatic rings. The molecule has 0 unspecified atom stereocenters. The van der Waals surface area contributed by atoms with Crippen molar-refractivity contribution in [2.24, 2.45) is 0 Å². The Balaban J connectivity index is 2.64. The number of aryl methyl sites for hydroxylation is 1. The average molecular weight is 178 g/mol. The van der Waals surface area contributed by atoms with E-state index in [1.54, 1.807) is 0 Å². The molecule has 1 aromatic rings. The minimum absolute atomic E-state index is 0.914. The zero-order valence-electron chi connectivity index (χ0n) is 8.67. The van der Waals surface area contributed by atoms with Gasteiger partial charge in [-0.2, -0.15) is 0 Å². The van der Waals surface area contributed by atoms with Gasteiger partial charge in [0.1, 0.15) is 0 Å². The molecule has 0 atom stereocenters. The third-order valence-electron chi connectivity index (χ3n) is 2.09. The molecule has 2 heteroatoms. The molecule has 0 aromatic heterocycles. The normalized spacial score (nSPS) is 10.8. The smallest absolute Gasteiger partial charge is 0.0355 e. The Morgan fingerprint density at radius 1 is 1.15 bits per heavy atom. The van der Waals surface area contributed by atoms with Crippen LogP contribution in [0.2, 0.25) is 0 Å². The van der Waals surface area contributed by atoms with Gasteiger partial charge in [0.25, 0.3) is 0 Å². The third kappa shape index (κ3) is 3.17. The molecule has 0 spiro atoms. The molecule has 0 aliphatic heterocycles. The third-order valence-corrected chi connectivity index (χ3v) is 2.09. The van der Waals surface area contributed by atoms with E-state index in [-0.39, 0.29) is 0 Å². The van der Waals surface area contributed by atoms with E-state index in [4.69, 9.17) is 0 Å². The van der Waals surface area contributed by atoms with Crippen molar-refractivity contribution in [2.75, 3.05) is 14.1 Å². The lowest BCUT2D eigenvalue weighted by Crippen LogP contribution is -2.29. The van der Waals surface area contributed by atoms with Gasteiger partial charge < -0.3 is 0 Å². The van der Waals surface area contributed by atoms with Crippen LogP contribution in [-0.4, -0.2) is 19.1 Å². The fraction of sp³-hybridized carbons (Fsp3) is 0.455. The van der Waals surface area contributed by atoms with Gasteiger partial charge in [-0.05, 0) is 17.5 Å². The molecule has 1 N–H and O–H groups in total. The van der Waals surface area contributed by atoms with E-state index in [9.17, 15) is 0 Å². The predicted octanol–water partition coefficient (Wildman–Crippen LogP) is 1.82. The van der Waals surface area contributed by atoms with Crippen LogP contribution in [0.1, 0.15) is 18.1 Å². The number of hydrazine groups is 1. The highest BCUT2D eigenvalue weighted by atomic mass is 15.5. The zero-order chi connectivity index (χ0) is 9.68. The highest BCUT2D eigenvalue weighted by Crippen LogP contribution is 2.08. The zero-order valence-corrected chi connectivity index (χ0v) is 8.67. The van der Waals surface area contributed by atoms with E-state index in [2.05, 4.69) is 36.6 Å². The van der Waals surface area contributed by atoms with E-state index in [0.29, 0.717) is 0 Å². The second-order valence-corrected chi connectivity index (χ2v) is 3.35. The van der Waals surface area contributed by atoms with Crippen LogP contribution in [0.3, 0.4) is 0 Å². The van der Waals surface area contributed by atoms with Crippen LogP contribution in [0, 0.1) is 0 Å². The van der Waals surface area contributed by atoms with Crippen molar-refractivity contribution in [2.45, 2.75) is 19.9 Å². The largest absolute Gasteiger partial charge is 0.251 e. The number of hydrogen-bond acceptors (Lipinski definition) is 2. The Morgan fingerprint density at radius 3 is 2.31 bits per heavy atom. The van der Waals surface area contributed by atoms with Crippen LogP contribution in [0.25, 0.3) is 0 Å². The topological polar surface area (TPSA) is 15.3 Å². The van der Waals surface area contributed by atoms with E-state index in [1.165, 1.54) is 11.1 Å². The first-order valence-electron chi connectivity index (χ1n) is 4.71. The average Bonchev–Trinajstić information content (AvgIpc) is 2.15. The van der Waals surface area contributed by atoms with Crippen molar-refractivity contribution in [3.05, 3.63) is 35.4 Å². The molecule has 0 saturated carbocycles. The van der Waals surface area contributed by atoms with Gasteiger partial charge in [0.15, 0.2) is 0 Å². The SMILES string of the molecule is CCc1ccccc1CNN(C)C. The van der Waals surface area contributed by atoms with E-state index in [1.807, 2.05) is 19.1 Å². The molecule has 0 bridgehead atoms. The highest BCUT2D eigenvalue weighted by Gasteiger charge is 1.98. The summed E-state index contributed by atoms with van der Waals surface area (Å²) in [5.74, 6) is 0. The molecule has 13 heavy (non-hydrogen) atoms. The second kappa shape index (κ2) is 5.00. The number of hydrogen-bond donors (Lipinski definition) is 1. The first kappa shape index (κ1) is 10.2. The Labute approximate surface area is 80.5 Å². The van der Waals surface area contributed by atoms with Crippen molar-refractivity contribution in [3.63, 3.8) is 0 Å². The second-order valence-electron chi connectivity index (χ2n) is 3.35. The summed E-state index contributed by atoms with van der Waals surface area (Å²) in [7, 11) is 4.02. The van der Waals surface area contributed by atoms with Crippen molar-refractivity contribution in [1.82, 2.24) is 10.4 Å². The van der Waals surface area contributed by atoms with Crippen LogP contribution >= 0.6 is 0 Å². The van der Waals surface area contributed by atoms with Crippen molar-refractivity contribution >= 4 is 0 Å². The van der Waals surface area contributed by atoms with Crippen LogP contribution < -0.4 is 5.43 Å². The van der Waals surface area contributed by atoms with E-state index >= 15 is 0 Å². The standard InChI is InChI=1S/C11H18N2/c1-4-10-7-5-6-8-11(10)9-12-13(2)3/h5-8,12H,4,9H2,1-3H3. The molecule has 0 fully saturated rings. The first-order valence-corrected chi connectivity index (χ1v) is 4.71. The molecule has 2 nitrogen and oxygen atoms in total. The summed E-state index contributed by atoms with van der Waals surface area (Å²) >= 11 is 0. The van der Waals surface area contributed by atoms with Crippen LogP contribution in [0.5, 0.6) is 0 Å². The van der Waals surface area contributed by atoms with Crippen molar-refractivity contribution in [1.29, 1.82) is 0 Å². The lowest BCUT2D eigenvalue weighted by molar-refractivity contribution is 0.285. The summed E-state index contributed by atoms with van der Waals surface area (Å²) < 4.78 is 0. The number of benzene rings is 1. The molecule has 0 radical (unpaired) electrons. The number of nitrogens with one attached hydrogen (secondary N) is 1. The lowest BCUT2D eigenvalue weighted by atomic mass is 10.1. The van der Waals surface area contributed by atoms with Gasteiger partial charge in [-0.25, -0.2) is 0 Å². The van der Waals surface area contributed by atoms with Crippen LogP contribution in [0.15, 0.2) is 24.3 Å². The van der Waals surface area contributed by atoms with Crippen LogP contribution in [0.4, 0.5) is 0 Å². The Morgan fingerprint density at radius 2 is 1.77 bits per heavy atom. The maximum absolute atomic E-state index is 3.27. The molecule has 0 saturated heterocycles. The van der Waals surface area contributed by atoms with Gasteiger partial charge >= 0.3 is 0 Å². The quantitative estimate of drug-likeness (QED) is 0.707. The van der Waals surface area contributed by atoms with Crippen molar-refractivity contribution < 1.29 is 0 Å². The molecule has 0 heterocycles. The molecular formula is C11H18N2. The predicted molar refractivity (Wildman–Crippen MR) is 56.3 cm³/mol. The fourth-order valence-electron chi connectivity index (χ4n) is 1.32. The molecular weight excluding hydrogens is 160 g/mol. The fourth-order valence-corrected chi connectivity index (χ4v) is 1.32. The van der Waals surface area contributed by atoms with Crippen LogP contribution in [-0.2, 0) is 13.0 Å². The molecule has 1 rings (SSSR count). The highest BCUT2D eigenvalue weighted by molar-refractivity contribution is 5.26. The maximum Gasteiger partial charge on any atom is 0.0355 e. The minimum atomic E-state index is 0.914. The van der Waals surface area contributed by atoms with Gasteiger partial charge in [0, 0.05) is 20.6 Å². The summed E-state index contributed by atoms with van der Waals surface area (Å²) in [5, 5.41) is 1.98. The molecule has 0 aliphatic carbocycles. The summed E-state index contributed by atoms with van der Waals surface area (Å²) in [6.07, 6.45) is 1.10. The Bertz CT molecular complexity index is 256. The van der Waals surface area contributed by atoms with E-state index < -0.39 is 0 Å². The summed E-state index contributed by atoms with van der Waals surface area (Å²) in [6, 6.07) is 8.55. The monoisotopic (exact) mass is 178 g/mol. The lowest BCUT2D eigenvalue weighted by Gasteiger charge is -2.13. The van der Waals surface area contributed by atoms with Gasteiger partial charge in [0.05, 0.1) is 0 Å². The Hall–Kier alpha value is -0.860. The van der Waals surface area contributed by atoms with E-state index in [0.717, 1.165) is 13.0 Å². The molecule has 72 valence electrons. The summed E-state index contributed by atoms with van der Waals surface area (Å²) in [6.45, 7) is 3.10. The number of nitrogens with zero attached hydrogens (tertiary/aromatic N) is 1. The van der Waals surface area contributed by atoms with Gasteiger partial charge in [-0.1, -0.05) is 31.2 Å². The minimum Gasteiger partial charge on any atom is -0.251 e. The summed E-state index contributed by atoms with van der Waals surface area (Å²) in [5.41, 5.74) is 6.09. The molecule has 0 amide bonds. The maximum atomic E-state index is 3.27. The van der Waals surface area contributed by atoms with Gasteiger partial charge in [0.2, 0.25) is 0 Å². The first-order chi connectivity index (χ1) is 6.24. The van der Waals surface area contributed by atoms with Gasteiger partial charge in [-0.3, -0.25) is 10.4 Å². The summed E-state index contributed by atoms with van der Waals surface area (Å²) in [4.78, 5) is 0. The van der Waals surface area contributed by atoms with Crippen molar-refractivity contribution in [3.8, 4) is 0 Å².